The van der Waals surface area contributed by atoms with Crippen molar-refractivity contribution in [3.63, 3.8) is 0 Å². The minimum absolute atomic E-state index is 0.0311. The number of aliphatic hydroxyl groups excluding tert-OH is 1. The lowest BCUT2D eigenvalue weighted by molar-refractivity contribution is -0.177. The smallest absolute Gasteiger partial charge is 0.190 e. The van der Waals surface area contributed by atoms with E-state index in [0.717, 1.165) is 18.2 Å². The van der Waals surface area contributed by atoms with Gasteiger partial charge in [-0.25, -0.2) is 8.78 Å². The summed E-state index contributed by atoms with van der Waals surface area (Å²) in [4.78, 5) is 37.2. The average Bonchev–Trinajstić information content (AvgIpc) is 2.91. The molecule has 4 aliphatic rings. The molecule has 0 aliphatic heterocycles. The fourth-order valence-corrected chi connectivity index (χ4v) is 6.07. The van der Waals surface area contributed by atoms with Crippen molar-refractivity contribution in [3.8, 4) is 0 Å². The van der Waals surface area contributed by atoms with Crippen molar-refractivity contribution in [2.24, 2.45) is 22.7 Å². The Morgan fingerprint density at radius 3 is 2.64 bits per heavy atom. The molecule has 0 bridgehead atoms. The van der Waals surface area contributed by atoms with E-state index < -0.39 is 70.1 Å². The van der Waals surface area contributed by atoms with E-state index in [4.69, 9.17) is 0 Å². The lowest BCUT2D eigenvalue weighted by Crippen LogP contribution is -2.67. The number of halogens is 2. The van der Waals surface area contributed by atoms with Crippen molar-refractivity contribution in [3.05, 3.63) is 35.7 Å². The monoisotopic (exact) mass is 392 g/mol. The largest absolute Gasteiger partial charge is 0.388 e. The van der Waals surface area contributed by atoms with E-state index in [-0.39, 0.29) is 18.4 Å². The average molecular weight is 392 g/mol. The first-order valence-corrected chi connectivity index (χ1v) is 9.37. The third kappa shape index (κ3) is 1.94. The molecule has 0 aromatic rings. The number of aliphatic hydroxyl groups is 2. The van der Waals surface area contributed by atoms with E-state index >= 15 is 4.39 Å². The van der Waals surface area contributed by atoms with Gasteiger partial charge in [0.1, 0.15) is 18.0 Å². The SMILES string of the molecule is C[C@]12C=CC(=O)C=C1C(F)=C[C@H]1[C@@H]3CC[C@](O)(C(=O)CO)[C@@]3(C)CC(=O)[C@@]12F. The zero-order valence-electron chi connectivity index (χ0n) is 15.7. The van der Waals surface area contributed by atoms with Gasteiger partial charge in [0.25, 0.3) is 0 Å². The van der Waals surface area contributed by atoms with Crippen LogP contribution in [0.5, 0.6) is 0 Å². The van der Waals surface area contributed by atoms with Crippen LogP contribution >= 0.6 is 0 Å². The number of rotatable bonds is 2. The maximum absolute atomic E-state index is 16.6. The van der Waals surface area contributed by atoms with E-state index in [1.807, 2.05) is 0 Å². The summed E-state index contributed by atoms with van der Waals surface area (Å²) in [5.41, 5.74) is -7.58. The normalized spacial score (nSPS) is 47.1. The van der Waals surface area contributed by atoms with Gasteiger partial charge >= 0.3 is 0 Å². The zero-order chi connectivity index (χ0) is 20.7. The summed E-state index contributed by atoms with van der Waals surface area (Å²) in [6, 6.07) is 0. The van der Waals surface area contributed by atoms with Gasteiger partial charge in [-0.1, -0.05) is 13.0 Å². The van der Waals surface area contributed by atoms with Gasteiger partial charge in [0.2, 0.25) is 0 Å². The van der Waals surface area contributed by atoms with Crippen LogP contribution in [0.3, 0.4) is 0 Å². The molecule has 4 rings (SSSR count). The van der Waals surface area contributed by atoms with E-state index in [0.29, 0.717) is 0 Å². The summed E-state index contributed by atoms with van der Waals surface area (Å²) >= 11 is 0. The summed E-state index contributed by atoms with van der Waals surface area (Å²) in [5, 5.41) is 20.3. The number of ketones is 3. The topological polar surface area (TPSA) is 91.7 Å². The molecule has 150 valence electrons. The highest BCUT2D eigenvalue weighted by Crippen LogP contribution is 2.68. The zero-order valence-corrected chi connectivity index (χ0v) is 15.7. The first kappa shape index (κ1) is 19.3. The maximum atomic E-state index is 16.6. The number of alkyl halides is 1. The number of Topliss-reactive ketones (excluding diaryl/α,β-unsaturated/α-hetero) is 2. The van der Waals surface area contributed by atoms with E-state index in [2.05, 4.69) is 0 Å². The highest BCUT2D eigenvalue weighted by molar-refractivity contribution is 6.03. The number of hydrogen-bond acceptors (Lipinski definition) is 5. The van der Waals surface area contributed by atoms with Gasteiger partial charge in [-0.2, -0.15) is 0 Å². The molecule has 5 nitrogen and oxygen atoms in total. The molecule has 6 atom stereocenters. The van der Waals surface area contributed by atoms with Crippen LogP contribution in [0.25, 0.3) is 0 Å². The maximum Gasteiger partial charge on any atom is 0.190 e. The van der Waals surface area contributed by atoms with Gasteiger partial charge in [-0.15, -0.1) is 0 Å². The second-order valence-electron chi connectivity index (χ2n) is 8.85. The standard InChI is InChI=1S/C21H22F2O5/c1-18-5-3-11(25)7-14(18)15(22)8-13-12-4-6-20(28,17(27)10-24)19(12,2)9-16(26)21(13,18)23/h3,5,7-8,12-13,24,28H,4,6,9-10H2,1-2H3/t12-,13-,18-,19-,20-,21-/m0/s1. The molecule has 0 spiro atoms. The molecule has 2 N–H and O–H groups in total. The van der Waals surface area contributed by atoms with Gasteiger partial charge in [0.15, 0.2) is 23.0 Å². The Morgan fingerprint density at radius 2 is 2.00 bits per heavy atom. The third-order valence-electron chi connectivity index (χ3n) is 7.78. The summed E-state index contributed by atoms with van der Waals surface area (Å²) < 4.78 is 31.6. The van der Waals surface area contributed by atoms with Crippen LogP contribution in [-0.4, -0.2) is 45.4 Å². The molecular formula is C21H22F2O5. The fraction of sp³-hybridized carbons (Fsp3) is 0.571. The lowest BCUT2D eigenvalue weighted by Gasteiger charge is -2.57. The van der Waals surface area contributed by atoms with Crippen LogP contribution in [0.1, 0.15) is 33.1 Å². The lowest BCUT2D eigenvalue weighted by atomic mass is 9.46. The highest BCUT2D eigenvalue weighted by atomic mass is 19.1. The number of carbonyl (C=O) groups excluding carboxylic acids is 3. The molecule has 0 aromatic heterocycles. The van der Waals surface area contributed by atoms with Gasteiger partial charge in [-0.05, 0) is 43.9 Å². The highest BCUT2D eigenvalue weighted by Gasteiger charge is 2.74. The van der Waals surface area contributed by atoms with Crippen molar-refractivity contribution in [2.45, 2.75) is 44.4 Å². The predicted octanol–water partition coefficient (Wildman–Crippen LogP) is 1.93. The minimum atomic E-state index is -2.50. The summed E-state index contributed by atoms with van der Waals surface area (Å²) in [5.74, 6) is -4.76. The van der Waals surface area contributed by atoms with E-state index in [1.165, 1.54) is 19.9 Å². The van der Waals surface area contributed by atoms with Crippen molar-refractivity contribution in [1.29, 1.82) is 0 Å². The Labute approximate surface area is 160 Å². The molecule has 0 saturated heterocycles. The van der Waals surface area contributed by atoms with Gasteiger partial charge in [-0.3, -0.25) is 14.4 Å². The predicted molar refractivity (Wildman–Crippen MR) is 94.4 cm³/mol. The van der Waals surface area contributed by atoms with Crippen LogP contribution in [0, 0.1) is 22.7 Å². The first-order valence-electron chi connectivity index (χ1n) is 9.37. The van der Waals surface area contributed by atoms with E-state index in [9.17, 15) is 29.0 Å². The molecule has 2 fully saturated rings. The number of fused-ring (bicyclic) bond motifs is 5. The van der Waals surface area contributed by atoms with Crippen molar-refractivity contribution < 1.29 is 33.4 Å². The number of hydrogen-bond donors (Lipinski definition) is 2. The molecule has 7 heteroatoms. The van der Waals surface area contributed by atoms with Crippen LogP contribution < -0.4 is 0 Å². The Bertz CT molecular complexity index is 904. The molecule has 0 unspecified atom stereocenters. The molecular weight excluding hydrogens is 370 g/mol. The minimum Gasteiger partial charge on any atom is -0.388 e. The van der Waals surface area contributed by atoms with Gasteiger partial charge in [0.05, 0.1) is 5.41 Å². The Kier molecular flexibility index (Phi) is 3.83. The summed E-state index contributed by atoms with van der Waals surface area (Å²) in [6.07, 6.45) is 4.22. The molecule has 4 aliphatic carbocycles. The molecule has 2 saturated carbocycles. The Morgan fingerprint density at radius 1 is 1.32 bits per heavy atom. The number of carbonyl (C=O) groups is 3. The van der Waals surface area contributed by atoms with Crippen LogP contribution in [0.4, 0.5) is 8.78 Å². The van der Waals surface area contributed by atoms with Gasteiger partial charge < -0.3 is 10.2 Å². The van der Waals surface area contributed by atoms with Crippen LogP contribution in [0.2, 0.25) is 0 Å². The second kappa shape index (κ2) is 5.54. The first-order chi connectivity index (χ1) is 13.0. The Hall–Kier alpha value is -1.99. The van der Waals surface area contributed by atoms with Crippen LogP contribution in [0.15, 0.2) is 35.7 Å². The van der Waals surface area contributed by atoms with Crippen molar-refractivity contribution in [2.75, 3.05) is 6.61 Å². The molecule has 0 heterocycles. The van der Waals surface area contributed by atoms with E-state index in [1.54, 1.807) is 0 Å². The number of allylic oxidation sites excluding steroid dienone is 6. The van der Waals surface area contributed by atoms with Crippen molar-refractivity contribution in [1.82, 2.24) is 0 Å². The molecule has 0 amide bonds. The quantitative estimate of drug-likeness (QED) is 0.749. The molecule has 0 radical (unpaired) electrons. The van der Waals surface area contributed by atoms with Crippen molar-refractivity contribution >= 4 is 17.3 Å². The second-order valence-corrected chi connectivity index (χ2v) is 8.85. The molecule has 28 heavy (non-hydrogen) atoms. The summed E-state index contributed by atoms with van der Waals surface area (Å²) in [7, 11) is 0. The third-order valence-corrected chi connectivity index (χ3v) is 7.78. The van der Waals surface area contributed by atoms with Crippen LogP contribution in [-0.2, 0) is 14.4 Å². The fourth-order valence-electron chi connectivity index (χ4n) is 6.07. The Balaban J connectivity index is 1.91. The summed E-state index contributed by atoms with van der Waals surface area (Å²) in [6.45, 7) is 2.05. The molecule has 0 aromatic carbocycles. The van der Waals surface area contributed by atoms with Gasteiger partial charge in [0, 0.05) is 23.3 Å².